The second-order valence-corrected chi connectivity index (χ2v) is 7.84. The molecule has 9 heteroatoms. The van der Waals surface area contributed by atoms with Crippen molar-refractivity contribution in [3.05, 3.63) is 58.0 Å². The van der Waals surface area contributed by atoms with Crippen molar-refractivity contribution in [2.75, 3.05) is 45.2 Å². The fourth-order valence-electron chi connectivity index (χ4n) is 3.38. The van der Waals surface area contributed by atoms with Crippen molar-refractivity contribution >= 4 is 27.9 Å². The van der Waals surface area contributed by atoms with Crippen LogP contribution in [0.25, 0.3) is 4.96 Å². The van der Waals surface area contributed by atoms with Crippen LogP contribution in [0.15, 0.2) is 46.7 Å². The van der Waals surface area contributed by atoms with Gasteiger partial charge in [0.25, 0.3) is 5.56 Å². The molecule has 1 fully saturated rings. The van der Waals surface area contributed by atoms with E-state index in [1.807, 2.05) is 29.6 Å². The fraction of sp³-hybridized carbons (Fsp3) is 0.350. The lowest BCUT2D eigenvalue weighted by Gasteiger charge is -2.34. The Kier molecular flexibility index (Phi) is 5.89. The Morgan fingerprint density at radius 2 is 1.90 bits per heavy atom. The molecule has 0 aliphatic carbocycles. The highest BCUT2D eigenvalue weighted by atomic mass is 32.1. The van der Waals surface area contributed by atoms with Crippen molar-refractivity contribution in [3.63, 3.8) is 0 Å². The molecule has 1 amide bonds. The Hall–Kier alpha value is -2.75. The maximum atomic E-state index is 12.3. The van der Waals surface area contributed by atoms with E-state index in [1.54, 1.807) is 23.8 Å². The van der Waals surface area contributed by atoms with Crippen molar-refractivity contribution in [2.24, 2.45) is 0 Å². The summed E-state index contributed by atoms with van der Waals surface area (Å²) in [4.78, 5) is 34.1. The predicted octanol–water partition coefficient (Wildman–Crippen LogP) is 1.52. The zero-order chi connectivity index (χ0) is 20.2. The van der Waals surface area contributed by atoms with Gasteiger partial charge in [-0.3, -0.25) is 23.8 Å². The van der Waals surface area contributed by atoms with Crippen molar-refractivity contribution in [3.8, 4) is 5.75 Å². The van der Waals surface area contributed by atoms with Crippen LogP contribution in [-0.2, 0) is 11.3 Å². The van der Waals surface area contributed by atoms with Gasteiger partial charge in [0.05, 0.1) is 19.3 Å². The number of piperazine rings is 1. The zero-order valence-electron chi connectivity index (χ0n) is 16.2. The SMILES string of the molecule is COc1ccc(NC(=O)CN2CCN(Cc3cc(=O)n4ccsc4n3)CC2)cc1. The van der Waals surface area contributed by atoms with Crippen molar-refractivity contribution in [2.45, 2.75) is 6.54 Å². The molecule has 3 aromatic rings. The summed E-state index contributed by atoms with van der Waals surface area (Å²) < 4.78 is 6.69. The standard InChI is InChI=1S/C20H23N5O3S/c1-28-17-4-2-15(3-5-17)21-18(26)14-24-8-6-23(7-9-24)13-16-12-19(27)25-10-11-29-20(25)22-16/h2-5,10-12H,6-9,13-14H2,1H3,(H,21,26). The maximum Gasteiger partial charge on any atom is 0.258 e. The van der Waals surface area contributed by atoms with E-state index in [-0.39, 0.29) is 11.5 Å². The normalized spacial score (nSPS) is 15.5. The third-order valence-corrected chi connectivity index (χ3v) is 5.70. The monoisotopic (exact) mass is 413 g/mol. The molecule has 1 aliphatic heterocycles. The average molecular weight is 414 g/mol. The number of amides is 1. The summed E-state index contributed by atoms with van der Waals surface area (Å²) in [5, 5.41) is 4.78. The molecule has 0 radical (unpaired) electrons. The Morgan fingerprint density at radius 3 is 2.62 bits per heavy atom. The molecule has 0 unspecified atom stereocenters. The predicted molar refractivity (Wildman–Crippen MR) is 113 cm³/mol. The number of anilines is 1. The summed E-state index contributed by atoms with van der Waals surface area (Å²) in [6.07, 6.45) is 1.74. The van der Waals surface area contributed by atoms with Crippen LogP contribution < -0.4 is 15.6 Å². The highest BCUT2D eigenvalue weighted by Gasteiger charge is 2.20. The molecule has 4 rings (SSSR count). The van der Waals surface area contributed by atoms with Crippen molar-refractivity contribution in [1.82, 2.24) is 19.2 Å². The first-order valence-corrected chi connectivity index (χ1v) is 10.3. The van der Waals surface area contributed by atoms with E-state index in [9.17, 15) is 9.59 Å². The Bertz CT molecular complexity index is 1040. The van der Waals surface area contributed by atoms with Crippen LogP contribution in [0.2, 0.25) is 0 Å². The van der Waals surface area contributed by atoms with Crippen LogP contribution in [0.3, 0.4) is 0 Å². The van der Waals surface area contributed by atoms with Crippen LogP contribution in [0.4, 0.5) is 5.69 Å². The molecular formula is C20H23N5O3S. The average Bonchev–Trinajstić information content (AvgIpc) is 3.19. The molecule has 0 spiro atoms. The third kappa shape index (κ3) is 4.81. The number of hydrogen-bond donors (Lipinski definition) is 1. The van der Waals surface area contributed by atoms with Gasteiger partial charge in [-0.2, -0.15) is 0 Å². The summed E-state index contributed by atoms with van der Waals surface area (Å²) in [6.45, 7) is 4.28. The van der Waals surface area contributed by atoms with Crippen LogP contribution in [0, 0.1) is 0 Å². The van der Waals surface area contributed by atoms with E-state index in [4.69, 9.17) is 4.74 Å². The Balaban J connectivity index is 1.26. The van der Waals surface area contributed by atoms with E-state index < -0.39 is 0 Å². The van der Waals surface area contributed by atoms with Crippen LogP contribution in [0.5, 0.6) is 5.75 Å². The van der Waals surface area contributed by atoms with Gasteiger partial charge in [0.2, 0.25) is 5.91 Å². The number of ether oxygens (including phenoxy) is 1. The highest BCUT2D eigenvalue weighted by molar-refractivity contribution is 7.15. The van der Waals surface area contributed by atoms with Gasteiger partial charge in [0.15, 0.2) is 4.96 Å². The molecule has 0 bridgehead atoms. The number of fused-ring (bicyclic) bond motifs is 1. The molecule has 1 N–H and O–H groups in total. The maximum absolute atomic E-state index is 12.3. The number of rotatable bonds is 6. The topological polar surface area (TPSA) is 79.2 Å². The first-order chi connectivity index (χ1) is 14.1. The van der Waals surface area contributed by atoms with Crippen molar-refractivity contribution < 1.29 is 9.53 Å². The molecule has 0 saturated carbocycles. The number of benzene rings is 1. The number of nitrogens with one attached hydrogen (secondary N) is 1. The van der Waals surface area contributed by atoms with Gasteiger partial charge >= 0.3 is 0 Å². The van der Waals surface area contributed by atoms with E-state index >= 15 is 0 Å². The van der Waals surface area contributed by atoms with Gasteiger partial charge < -0.3 is 10.1 Å². The summed E-state index contributed by atoms with van der Waals surface area (Å²) in [7, 11) is 1.61. The zero-order valence-corrected chi connectivity index (χ0v) is 17.0. The molecule has 2 aromatic heterocycles. The minimum absolute atomic E-state index is 0.0264. The first kappa shape index (κ1) is 19.6. The number of carbonyl (C=O) groups is 1. The highest BCUT2D eigenvalue weighted by Crippen LogP contribution is 2.15. The van der Waals surface area contributed by atoms with Crippen LogP contribution >= 0.6 is 11.3 Å². The van der Waals surface area contributed by atoms with Gasteiger partial charge in [-0.15, -0.1) is 11.3 Å². The molecular weight excluding hydrogens is 390 g/mol. The molecule has 29 heavy (non-hydrogen) atoms. The smallest absolute Gasteiger partial charge is 0.258 e. The van der Waals surface area contributed by atoms with E-state index in [0.717, 1.165) is 48.3 Å². The quantitative estimate of drug-likeness (QED) is 0.660. The van der Waals surface area contributed by atoms with Crippen LogP contribution in [0.1, 0.15) is 5.69 Å². The minimum Gasteiger partial charge on any atom is -0.497 e. The number of carbonyl (C=O) groups excluding carboxylic acids is 1. The van der Waals surface area contributed by atoms with E-state index in [0.29, 0.717) is 13.1 Å². The molecule has 8 nitrogen and oxygen atoms in total. The molecule has 152 valence electrons. The summed E-state index contributed by atoms with van der Waals surface area (Å²) >= 11 is 1.46. The third-order valence-electron chi connectivity index (χ3n) is 4.95. The van der Waals surface area contributed by atoms with Crippen LogP contribution in [-0.4, -0.2) is 64.9 Å². The van der Waals surface area contributed by atoms with Gasteiger partial charge in [-0.1, -0.05) is 0 Å². The summed E-state index contributed by atoms with van der Waals surface area (Å²) in [5.74, 6) is 0.732. The van der Waals surface area contributed by atoms with E-state index in [1.165, 1.54) is 11.3 Å². The second-order valence-electron chi connectivity index (χ2n) is 6.97. The molecule has 1 aromatic carbocycles. The molecule has 1 saturated heterocycles. The number of aromatic nitrogens is 2. The largest absolute Gasteiger partial charge is 0.497 e. The van der Waals surface area contributed by atoms with Gasteiger partial charge in [0.1, 0.15) is 5.75 Å². The van der Waals surface area contributed by atoms with Crippen molar-refractivity contribution in [1.29, 1.82) is 0 Å². The number of thiazole rings is 1. The Morgan fingerprint density at radius 1 is 1.17 bits per heavy atom. The Labute approximate surface area is 172 Å². The summed E-state index contributed by atoms with van der Waals surface area (Å²) in [5.41, 5.74) is 1.51. The molecule has 1 aliphatic rings. The van der Waals surface area contributed by atoms with Gasteiger partial charge in [-0.05, 0) is 24.3 Å². The molecule has 0 atom stereocenters. The van der Waals surface area contributed by atoms with Gasteiger partial charge in [-0.25, -0.2) is 4.98 Å². The number of methoxy groups -OCH3 is 1. The number of hydrogen-bond acceptors (Lipinski definition) is 7. The second kappa shape index (κ2) is 8.73. The van der Waals surface area contributed by atoms with E-state index in [2.05, 4.69) is 20.1 Å². The first-order valence-electron chi connectivity index (χ1n) is 9.45. The van der Waals surface area contributed by atoms with Gasteiger partial charge in [0, 0.05) is 56.1 Å². The summed E-state index contributed by atoms with van der Waals surface area (Å²) in [6, 6.07) is 8.90. The lowest BCUT2D eigenvalue weighted by Crippen LogP contribution is -2.48. The lowest BCUT2D eigenvalue weighted by atomic mass is 10.2. The minimum atomic E-state index is -0.0416. The fourth-order valence-corrected chi connectivity index (χ4v) is 4.12. The number of nitrogens with zero attached hydrogens (tertiary/aromatic N) is 4. The molecule has 3 heterocycles. The lowest BCUT2D eigenvalue weighted by molar-refractivity contribution is -0.117.